The molecule has 2 rings (SSSR count). The maximum absolute atomic E-state index is 13.9. The van der Waals surface area contributed by atoms with Gasteiger partial charge in [0.25, 0.3) is 0 Å². The summed E-state index contributed by atoms with van der Waals surface area (Å²) >= 11 is 5.79. The van der Waals surface area contributed by atoms with Crippen molar-refractivity contribution in [2.24, 2.45) is 11.7 Å². The molecule has 1 aromatic rings. The Morgan fingerprint density at radius 2 is 2.22 bits per heavy atom. The van der Waals surface area contributed by atoms with E-state index in [1.165, 1.54) is 19.3 Å². The van der Waals surface area contributed by atoms with Gasteiger partial charge in [-0.2, -0.15) is 0 Å². The van der Waals surface area contributed by atoms with E-state index in [1.807, 2.05) is 0 Å². The first-order chi connectivity index (χ1) is 8.72. The highest BCUT2D eigenvalue weighted by Gasteiger charge is 2.19. The Morgan fingerprint density at radius 1 is 1.44 bits per heavy atom. The number of nitrogens with one attached hydrogen (secondary N) is 1. The minimum atomic E-state index is -0.356. The Kier molecular flexibility index (Phi) is 4.98. The Hall–Kier alpha value is -0.640. The van der Waals surface area contributed by atoms with E-state index >= 15 is 0 Å². The van der Waals surface area contributed by atoms with Crippen LogP contribution >= 0.6 is 11.6 Å². The third-order valence-electron chi connectivity index (χ3n) is 3.76. The molecule has 0 heterocycles. The molecule has 1 fully saturated rings. The van der Waals surface area contributed by atoms with Gasteiger partial charge in [0.05, 0.1) is 5.02 Å². The average Bonchev–Trinajstić information content (AvgIpc) is 2.31. The Balaban J connectivity index is 1.92. The molecule has 18 heavy (non-hydrogen) atoms. The second-order valence-corrected chi connectivity index (χ2v) is 5.38. The predicted octanol–water partition coefficient (Wildman–Crippen LogP) is 3.26. The van der Waals surface area contributed by atoms with Gasteiger partial charge >= 0.3 is 0 Å². The molecule has 1 aliphatic rings. The van der Waals surface area contributed by atoms with Crippen LogP contribution in [0.4, 0.5) is 4.39 Å². The largest absolute Gasteiger partial charge is 0.329 e. The number of rotatable bonds is 6. The van der Waals surface area contributed by atoms with Crippen molar-refractivity contribution in [3.05, 3.63) is 34.6 Å². The minimum Gasteiger partial charge on any atom is -0.329 e. The summed E-state index contributed by atoms with van der Waals surface area (Å²) in [7, 11) is 0. The van der Waals surface area contributed by atoms with Crippen LogP contribution < -0.4 is 11.1 Å². The molecule has 0 aromatic heterocycles. The molecule has 0 saturated heterocycles. The highest BCUT2D eigenvalue weighted by Crippen LogP contribution is 2.29. The first kappa shape index (κ1) is 13.8. The van der Waals surface area contributed by atoms with Gasteiger partial charge in [-0.1, -0.05) is 43.0 Å². The van der Waals surface area contributed by atoms with E-state index in [-0.39, 0.29) is 16.9 Å². The van der Waals surface area contributed by atoms with Gasteiger partial charge in [0, 0.05) is 18.2 Å². The molecule has 100 valence electrons. The third kappa shape index (κ3) is 3.22. The lowest BCUT2D eigenvalue weighted by molar-refractivity contribution is 0.287. The summed E-state index contributed by atoms with van der Waals surface area (Å²) in [4.78, 5) is 0. The molecule has 0 spiro atoms. The van der Waals surface area contributed by atoms with Crippen molar-refractivity contribution in [1.29, 1.82) is 0 Å². The fraction of sp³-hybridized carbons (Fsp3) is 0.571. The van der Waals surface area contributed by atoms with Gasteiger partial charge in [0.1, 0.15) is 5.82 Å². The molecule has 3 N–H and O–H groups in total. The van der Waals surface area contributed by atoms with Gasteiger partial charge in [-0.15, -0.1) is 0 Å². The maximum Gasteiger partial charge on any atom is 0.146 e. The molecular weight excluding hydrogens is 251 g/mol. The van der Waals surface area contributed by atoms with Crippen LogP contribution in [0.5, 0.6) is 0 Å². The smallest absolute Gasteiger partial charge is 0.146 e. The number of nitrogens with two attached hydrogens (primary N) is 1. The molecule has 1 atom stereocenters. The fourth-order valence-corrected chi connectivity index (χ4v) is 2.53. The van der Waals surface area contributed by atoms with Crippen LogP contribution in [0.2, 0.25) is 5.02 Å². The number of benzene rings is 1. The molecule has 1 aromatic carbocycles. The van der Waals surface area contributed by atoms with Crippen LogP contribution in [0, 0.1) is 11.7 Å². The van der Waals surface area contributed by atoms with Gasteiger partial charge in [-0.05, 0) is 24.9 Å². The van der Waals surface area contributed by atoms with Crippen molar-refractivity contribution in [1.82, 2.24) is 5.32 Å². The summed E-state index contributed by atoms with van der Waals surface area (Å²) in [5, 5.41) is 3.49. The van der Waals surface area contributed by atoms with Crippen molar-refractivity contribution in [2.75, 3.05) is 13.1 Å². The third-order valence-corrected chi connectivity index (χ3v) is 4.05. The molecule has 0 bridgehead atoms. The lowest BCUT2D eigenvalue weighted by Crippen LogP contribution is -2.31. The molecule has 1 saturated carbocycles. The summed E-state index contributed by atoms with van der Waals surface area (Å²) in [6.45, 7) is 1.26. The van der Waals surface area contributed by atoms with E-state index in [0.717, 1.165) is 18.9 Å². The van der Waals surface area contributed by atoms with E-state index in [1.54, 1.807) is 18.2 Å². The Morgan fingerprint density at radius 3 is 2.83 bits per heavy atom. The lowest BCUT2D eigenvalue weighted by Gasteiger charge is -2.26. The number of hydrogen-bond acceptors (Lipinski definition) is 2. The highest BCUT2D eigenvalue weighted by molar-refractivity contribution is 6.30. The second kappa shape index (κ2) is 6.50. The van der Waals surface area contributed by atoms with E-state index in [9.17, 15) is 4.39 Å². The summed E-state index contributed by atoms with van der Waals surface area (Å²) in [6, 6.07) is 4.91. The summed E-state index contributed by atoms with van der Waals surface area (Å²) < 4.78 is 13.9. The molecule has 4 heteroatoms. The van der Waals surface area contributed by atoms with E-state index in [0.29, 0.717) is 12.1 Å². The molecule has 0 radical (unpaired) electrons. The molecule has 0 amide bonds. The fourth-order valence-electron chi connectivity index (χ4n) is 2.35. The van der Waals surface area contributed by atoms with Crippen molar-refractivity contribution in [3.8, 4) is 0 Å². The Labute approximate surface area is 113 Å². The zero-order valence-electron chi connectivity index (χ0n) is 10.5. The van der Waals surface area contributed by atoms with E-state index < -0.39 is 0 Å². The maximum atomic E-state index is 13.9. The predicted molar refractivity (Wildman–Crippen MR) is 73.2 cm³/mol. The number of hydrogen-bond donors (Lipinski definition) is 2. The van der Waals surface area contributed by atoms with Crippen molar-refractivity contribution in [2.45, 2.75) is 31.7 Å². The summed E-state index contributed by atoms with van der Waals surface area (Å²) in [6.07, 6.45) is 5.17. The van der Waals surface area contributed by atoms with Crippen molar-refractivity contribution in [3.63, 3.8) is 0 Å². The number of halogens is 2. The molecule has 1 aliphatic carbocycles. The second-order valence-electron chi connectivity index (χ2n) is 4.97. The van der Waals surface area contributed by atoms with Crippen LogP contribution in [-0.2, 0) is 0 Å². The van der Waals surface area contributed by atoms with E-state index in [4.69, 9.17) is 17.3 Å². The average molecular weight is 271 g/mol. The van der Waals surface area contributed by atoms with Gasteiger partial charge < -0.3 is 11.1 Å². The van der Waals surface area contributed by atoms with Crippen LogP contribution in [0.25, 0.3) is 0 Å². The molecule has 2 nitrogen and oxygen atoms in total. The SMILES string of the molecule is NCC(NCCC1CCC1)c1cccc(Cl)c1F. The lowest BCUT2D eigenvalue weighted by atomic mass is 9.83. The standard InChI is InChI=1S/C14H20ClFN2/c15-12-6-2-5-11(14(12)16)13(9-17)18-8-7-10-3-1-4-10/h2,5-6,10,13,18H,1,3-4,7-9,17H2. The van der Waals surface area contributed by atoms with Gasteiger partial charge in [-0.3, -0.25) is 0 Å². The summed E-state index contributed by atoms with van der Waals surface area (Å²) in [5.41, 5.74) is 6.28. The zero-order valence-corrected chi connectivity index (χ0v) is 11.2. The van der Waals surface area contributed by atoms with Crippen molar-refractivity contribution >= 4 is 11.6 Å². The highest BCUT2D eigenvalue weighted by atomic mass is 35.5. The first-order valence-electron chi connectivity index (χ1n) is 6.59. The van der Waals surface area contributed by atoms with Gasteiger partial charge in [0.2, 0.25) is 0 Å². The van der Waals surface area contributed by atoms with Crippen LogP contribution in [0.15, 0.2) is 18.2 Å². The van der Waals surface area contributed by atoms with Gasteiger partial charge in [-0.25, -0.2) is 4.39 Å². The van der Waals surface area contributed by atoms with Gasteiger partial charge in [0.15, 0.2) is 0 Å². The van der Waals surface area contributed by atoms with Crippen LogP contribution in [-0.4, -0.2) is 13.1 Å². The van der Waals surface area contributed by atoms with E-state index in [2.05, 4.69) is 5.32 Å². The molecular formula is C14H20ClFN2. The zero-order chi connectivity index (χ0) is 13.0. The minimum absolute atomic E-state index is 0.149. The van der Waals surface area contributed by atoms with Crippen LogP contribution in [0.3, 0.4) is 0 Å². The molecule has 1 unspecified atom stereocenters. The monoisotopic (exact) mass is 270 g/mol. The topological polar surface area (TPSA) is 38.0 Å². The van der Waals surface area contributed by atoms with Crippen LogP contribution in [0.1, 0.15) is 37.3 Å². The summed E-state index contributed by atoms with van der Waals surface area (Å²) in [5.74, 6) is 0.492. The van der Waals surface area contributed by atoms with Crippen molar-refractivity contribution < 1.29 is 4.39 Å². The quantitative estimate of drug-likeness (QED) is 0.833. The first-order valence-corrected chi connectivity index (χ1v) is 6.97. The Bertz CT molecular complexity index is 393. The molecule has 0 aliphatic heterocycles. The normalized spacial score (nSPS) is 17.5.